The lowest BCUT2D eigenvalue weighted by atomic mass is 10.1. The summed E-state index contributed by atoms with van der Waals surface area (Å²) in [4.78, 5) is 7.09. The van der Waals surface area contributed by atoms with Crippen molar-refractivity contribution in [2.45, 2.75) is 26.0 Å². The molecule has 0 saturated carbocycles. The first-order valence-corrected chi connectivity index (χ1v) is 8.13. The van der Waals surface area contributed by atoms with Crippen LogP contribution >= 0.6 is 11.3 Å². The van der Waals surface area contributed by atoms with Crippen LogP contribution in [0.25, 0.3) is 0 Å². The van der Waals surface area contributed by atoms with Gasteiger partial charge in [0.1, 0.15) is 6.61 Å². The number of β-amino-alcohol motifs (C(OH)–C–C–N with tert-alkyl or cyclic N) is 1. The Hall–Kier alpha value is -0.900. The lowest BCUT2D eigenvalue weighted by Gasteiger charge is -2.37. The second kappa shape index (κ2) is 7.39. The molecule has 1 aromatic heterocycles. The van der Waals surface area contributed by atoms with Gasteiger partial charge in [0, 0.05) is 44.1 Å². The van der Waals surface area contributed by atoms with Crippen molar-refractivity contribution in [2.24, 2.45) is 0 Å². The highest BCUT2D eigenvalue weighted by molar-refractivity contribution is 7.12. The maximum atomic E-state index is 9.86. The summed E-state index contributed by atoms with van der Waals surface area (Å²) >= 11 is 1.70. The number of thiophene rings is 1. The number of hydrogen-bond acceptors (Lipinski definition) is 5. The van der Waals surface area contributed by atoms with E-state index in [0.717, 1.165) is 44.1 Å². The molecule has 5 heteroatoms. The van der Waals surface area contributed by atoms with Gasteiger partial charge in [0.15, 0.2) is 0 Å². The van der Waals surface area contributed by atoms with Gasteiger partial charge in [-0.05, 0) is 26.0 Å². The number of aliphatic hydroxyl groups is 2. The summed E-state index contributed by atoms with van der Waals surface area (Å²) in [5.41, 5.74) is -0.615. The average molecular weight is 308 g/mol. The third-order valence-electron chi connectivity index (χ3n) is 3.41. The molecule has 0 bridgehead atoms. The van der Waals surface area contributed by atoms with E-state index in [1.807, 2.05) is 19.9 Å². The van der Waals surface area contributed by atoms with E-state index in [2.05, 4.69) is 27.7 Å². The van der Waals surface area contributed by atoms with Crippen molar-refractivity contribution >= 4 is 11.3 Å². The summed E-state index contributed by atoms with van der Waals surface area (Å²) in [5.74, 6) is 5.63. The number of nitrogens with zero attached hydrogens (tertiary/aromatic N) is 2. The van der Waals surface area contributed by atoms with Gasteiger partial charge < -0.3 is 10.2 Å². The number of aliphatic hydroxyl groups excluding tert-OH is 1. The Kier molecular flexibility index (Phi) is 5.80. The molecule has 2 N–H and O–H groups in total. The SMILES string of the molecule is CC(C)(O)CN1CCN(Cc2ccc(C#CCO)s2)CC1. The van der Waals surface area contributed by atoms with E-state index in [4.69, 9.17) is 5.11 Å². The van der Waals surface area contributed by atoms with Crippen LogP contribution in [0.4, 0.5) is 0 Å². The van der Waals surface area contributed by atoms with Crippen LogP contribution in [0.2, 0.25) is 0 Å². The average Bonchev–Trinajstić information content (AvgIpc) is 2.85. The van der Waals surface area contributed by atoms with E-state index in [1.54, 1.807) is 11.3 Å². The van der Waals surface area contributed by atoms with Crippen molar-refractivity contribution in [3.05, 3.63) is 21.9 Å². The normalized spacial score (nSPS) is 17.5. The smallest absolute Gasteiger partial charge is 0.104 e. The molecule has 2 rings (SSSR count). The first kappa shape index (κ1) is 16.5. The standard InChI is InChI=1S/C16H24N2O2S/c1-16(2,20)13-18-9-7-17(8-10-18)12-15-6-5-14(21-15)4-3-11-19/h5-6,19-20H,7-13H2,1-2H3. The van der Waals surface area contributed by atoms with Crippen molar-refractivity contribution in [1.82, 2.24) is 9.80 Å². The predicted molar refractivity (Wildman–Crippen MR) is 86.3 cm³/mol. The molecule has 116 valence electrons. The molecule has 21 heavy (non-hydrogen) atoms. The topological polar surface area (TPSA) is 46.9 Å². The van der Waals surface area contributed by atoms with Gasteiger partial charge in [-0.25, -0.2) is 0 Å². The monoisotopic (exact) mass is 308 g/mol. The fourth-order valence-corrected chi connectivity index (χ4v) is 3.45. The second-order valence-corrected chi connectivity index (χ2v) is 7.26. The summed E-state index contributed by atoms with van der Waals surface area (Å²) in [6.07, 6.45) is 0. The Morgan fingerprint density at radius 1 is 1.19 bits per heavy atom. The van der Waals surface area contributed by atoms with E-state index in [0.29, 0.717) is 0 Å². The predicted octanol–water partition coefficient (Wildman–Crippen LogP) is 0.980. The first-order chi connectivity index (χ1) is 9.96. The third-order valence-corrected chi connectivity index (χ3v) is 4.39. The van der Waals surface area contributed by atoms with E-state index in [9.17, 15) is 5.11 Å². The summed E-state index contributed by atoms with van der Waals surface area (Å²) in [7, 11) is 0. The minimum Gasteiger partial charge on any atom is -0.389 e. The number of piperazine rings is 1. The van der Waals surface area contributed by atoms with E-state index >= 15 is 0 Å². The van der Waals surface area contributed by atoms with Gasteiger partial charge >= 0.3 is 0 Å². The molecule has 2 heterocycles. The van der Waals surface area contributed by atoms with Crippen molar-refractivity contribution in [1.29, 1.82) is 0 Å². The largest absolute Gasteiger partial charge is 0.389 e. The molecular formula is C16H24N2O2S. The highest BCUT2D eigenvalue weighted by atomic mass is 32.1. The van der Waals surface area contributed by atoms with Gasteiger partial charge in [0.2, 0.25) is 0 Å². The lowest BCUT2D eigenvalue weighted by Crippen LogP contribution is -2.50. The molecule has 0 radical (unpaired) electrons. The summed E-state index contributed by atoms with van der Waals surface area (Å²) in [6.45, 7) is 9.41. The highest BCUT2D eigenvalue weighted by Gasteiger charge is 2.22. The minimum atomic E-state index is -0.615. The fraction of sp³-hybridized carbons (Fsp3) is 0.625. The van der Waals surface area contributed by atoms with E-state index in [-0.39, 0.29) is 6.61 Å². The fourth-order valence-electron chi connectivity index (χ4n) is 2.53. The lowest BCUT2D eigenvalue weighted by molar-refractivity contribution is 0.0168. The number of rotatable bonds is 4. The maximum absolute atomic E-state index is 9.86. The van der Waals surface area contributed by atoms with Crippen molar-refractivity contribution in [2.75, 3.05) is 39.3 Å². The molecule has 1 aliphatic rings. The second-order valence-electron chi connectivity index (χ2n) is 6.09. The summed E-state index contributed by atoms with van der Waals surface area (Å²) < 4.78 is 0. The molecule has 0 aromatic carbocycles. The quantitative estimate of drug-likeness (QED) is 0.814. The zero-order valence-electron chi connectivity index (χ0n) is 12.8. The molecule has 0 spiro atoms. The van der Waals surface area contributed by atoms with Crippen LogP contribution in [0.5, 0.6) is 0 Å². The molecule has 1 saturated heterocycles. The van der Waals surface area contributed by atoms with Crippen LogP contribution in [0.3, 0.4) is 0 Å². The molecule has 1 fully saturated rings. The van der Waals surface area contributed by atoms with Gasteiger partial charge in [-0.15, -0.1) is 11.3 Å². The molecule has 0 aliphatic carbocycles. The van der Waals surface area contributed by atoms with Gasteiger partial charge in [-0.2, -0.15) is 0 Å². The minimum absolute atomic E-state index is 0.0869. The Labute approximate surface area is 131 Å². The van der Waals surface area contributed by atoms with Gasteiger partial charge in [0.05, 0.1) is 10.5 Å². The molecule has 1 aromatic rings. The van der Waals surface area contributed by atoms with Crippen LogP contribution in [0.1, 0.15) is 23.6 Å². The highest BCUT2D eigenvalue weighted by Crippen LogP contribution is 2.18. The van der Waals surface area contributed by atoms with Crippen LogP contribution < -0.4 is 0 Å². The molecule has 1 aliphatic heterocycles. The molecule has 0 amide bonds. The van der Waals surface area contributed by atoms with E-state index in [1.165, 1.54) is 4.88 Å². The third kappa shape index (κ3) is 5.77. The Balaban J connectivity index is 1.79. The molecular weight excluding hydrogens is 284 g/mol. The molecule has 0 atom stereocenters. The van der Waals surface area contributed by atoms with Gasteiger partial charge in [-0.1, -0.05) is 11.8 Å². The van der Waals surface area contributed by atoms with Gasteiger partial charge in [0.25, 0.3) is 0 Å². The van der Waals surface area contributed by atoms with Crippen LogP contribution in [0, 0.1) is 11.8 Å². The van der Waals surface area contributed by atoms with Crippen LogP contribution in [-0.4, -0.2) is 64.9 Å². The zero-order chi connectivity index (χ0) is 15.3. The summed E-state index contributed by atoms with van der Waals surface area (Å²) in [5, 5.41) is 18.6. The summed E-state index contributed by atoms with van der Waals surface area (Å²) in [6, 6.07) is 4.14. The van der Waals surface area contributed by atoms with Crippen molar-refractivity contribution in [3.63, 3.8) is 0 Å². The Bertz CT molecular complexity index is 502. The number of hydrogen-bond donors (Lipinski definition) is 2. The first-order valence-electron chi connectivity index (χ1n) is 7.32. The van der Waals surface area contributed by atoms with Crippen LogP contribution in [-0.2, 0) is 6.54 Å². The molecule has 4 nitrogen and oxygen atoms in total. The van der Waals surface area contributed by atoms with E-state index < -0.39 is 5.60 Å². The van der Waals surface area contributed by atoms with Gasteiger partial charge in [-0.3, -0.25) is 9.80 Å². The van der Waals surface area contributed by atoms with Crippen molar-refractivity contribution in [3.8, 4) is 11.8 Å². The zero-order valence-corrected chi connectivity index (χ0v) is 13.6. The van der Waals surface area contributed by atoms with Crippen molar-refractivity contribution < 1.29 is 10.2 Å². The Morgan fingerprint density at radius 3 is 2.48 bits per heavy atom. The Morgan fingerprint density at radius 2 is 1.86 bits per heavy atom. The maximum Gasteiger partial charge on any atom is 0.104 e. The molecule has 0 unspecified atom stereocenters. The van der Waals surface area contributed by atoms with Crippen LogP contribution in [0.15, 0.2) is 12.1 Å².